The number of amides is 1. The van der Waals surface area contributed by atoms with Gasteiger partial charge in [-0.05, 0) is 44.7 Å². The van der Waals surface area contributed by atoms with E-state index in [1.54, 1.807) is 13.0 Å². The molecule has 1 aliphatic carbocycles. The van der Waals surface area contributed by atoms with Crippen LogP contribution in [-0.2, 0) is 0 Å². The number of hydrogen-bond acceptors (Lipinski definition) is 3. The molecule has 1 N–H and O–H groups in total. The summed E-state index contributed by atoms with van der Waals surface area (Å²) in [6.45, 7) is 3.59. The molecule has 0 aliphatic heterocycles. The van der Waals surface area contributed by atoms with Crippen LogP contribution in [0.4, 0.5) is 4.39 Å². The highest BCUT2D eigenvalue weighted by Gasteiger charge is 2.31. The van der Waals surface area contributed by atoms with Crippen molar-refractivity contribution in [3.63, 3.8) is 0 Å². The molecule has 1 saturated carbocycles. The fourth-order valence-electron chi connectivity index (χ4n) is 2.53. The highest BCUT2D eigenvalue weighted by molar-refractivity contribution is 6.33. The predicted octanol–water partition coefficient (Wildman–Crippen LogP) is 3.97. The minimum absolute atomic E-state index is 0.0748. The molecule has 1 fully saturated rings. The van der Waals surface area contributed by atoms with E-state index in [2.05, 4.69) is 10.5 Å². The minimum Gasteiger partial charge on any atom is -0.360 e. The lowest BCUT2D eigenvalue weighted by atomic mass is 10.0. The van der Waals surface area contributed by atoms with Crippen molar-refractivity contribution in [2.24, 2.45) is 5.92 Å². The van der Waals surface area contributed by atoms with E-state index in [1.165, 1.54) is 12.1 Å². The Balaban J connectivity index is 1.98. The summed E-state index contributed by atoms with van der Waals surface area (Å²) in [7, 11) is 0. The van der Waals surface area contributed by atoms with Crippen LogP contribution in [0.5, 0.6) is 0 Å². The SMILES string of the molecule is Cc1onc(-c2c(F)cccc2Cl)c1C(=O)N[C@@H](C)C1CC1. The van der Waals surface area contributed by atoms with Gasteiger partial charge in [0, 0.05) is 6.04 Å². The first kappa shape index (κ1) is 15.0. The van der Waals surface area contributed by atoms with Crippen LogP contribution in [0.1, 0.15) is 35.9 Å². The molecule has 1 aromatic heterocycles. The third kappa shape index (κ3) is 2.73. The second-order valence-electron chi connectivity index (χ2n) is 5.66. The summed E-state index contributed by atoms with van der Waals surface area (Å²) in [5.74, 6) is 0.0111. The van der Waals surface area contributed by atoms with Crippen LogP contribution >= 0.6 is 11.6 Å². The zero-order valence-corrected chi connectivity index (χ0v) is 13.1. The Morgan fingerprint density at radius 2 is 2.23 bits per heavy atom. The second-order valence-corrected chi connectivity index (χ2v) is 6.07. The molecule has 2 aromatic rings. The van der Waals surface area contributed by atoms with Crippen LogP contribution < -0.4 is 5.32 Å². The van der Waals surface area contributed by atoms with Crippen LogP contribution in [0.15, 0.2) is 22.7 Å². The maximum Gasteiger partial charge on any atom is 0.257 e. The average Bonchev–Trinajstić information content (AvgIpc) is 3.23. The maximum absolute atomic E-state index is 14.1. The van der Waals surface area contributed by atoms with Gasteiger partial charge in [-0.15, -0.1) is 0 Å². The molecule has 0 bridgehead atoms. The fraction of sp³-hybridized carbons (Fsp3) is 0.375. The molecule has 116 valence electrons. The molecule has 4 nitrogen and oxygen atoms in total. The van der Waals surface area contributed by atoms with E-state index < -0.39 is 5.82 Å². The van der Waals surface area contributed by atoms with Gasteiger partial charge in [-0.3, -0.25) is 4.79 Å². The van der Waals surface area contributed by atoms with E-state index in [-0.39, 0.29) is 33.8 Å². The minimum atomic E-state index is -0.537. The van der Waals surface area contributed by atoms with Gasteiger partial charge in [-0.25, -0.2) is 4.39 Å². The van der Waals surface area contributed by atoms with Crippen molar-refractivity contribution < 1.29 is 13.7 Å². The smallest absolute Gasteiger partial charge is 0.257 e. The normalized spacial score (nSPS) is 15.6. The monoisotopic (exact) mass is 322 g/mol. The zero-order chi connectivity index (χ0) is 15.9. The van der Waals surface area contributed by atoms with Gasteiger partial charge in [-0.2, -0.15) is 0 Å². The van der Waals surface area contributed by atoms with Crippen LogP contribution in [0.25, 0.3) is 11.3 Å². The Morgan fingerprint density at radius 1 is 1.50 bits per heavy atom. The van der Waals surface area contributed by atoms with E-state index in [0.29, 0.717) is 11.7 Å². The molecule has 0 unspecified atom stereocenters. The number of halogens is 2. The first-order valence-electron chi connectivity index (χ1n) is 7.20. The zero-order valence-electron chi connectivity index (χ0n) is 12.3. The lowest BCUT2D eigenvalue weighted by Crippen LogP contribution is -2.34. The summed E-state index contributed by atoms with van der Waals surface area (Å²) in [5.41, 5.74) is 0.464. The highest BCUT2D eigenvalue weighted by Crippen LogP contribution is 2.35. The summed E-state index contributed by atoms with van der Waals surface area (Å²) in [5, 5.41) is 6.96. The van der Waals surface area contributed by atoms with Gasteiger partial charge in [0.2, 0.25) is 0 Å². The topological polar surface area (TPSA) is 55.1 Å². The number of aromatic nitrogens is 1. The van der Waals surface area contributed by atoms with Crippen LogP contribution in [-0.4, -0.2) is 17.1 Å². The van der Waals surface area contributed by atoms with Crippen LogP contribution in [0.2, 0.25) is 5.02 Å². The molecule has 3 rings (SSSR count). The third-order valence-electron chi connectivity index (χ3n) is 3.98. The number of rotatable bonds is 4. The van der Waals surface area contributed by atoms with Gasteiger partial charge in [0.25, 0.3) is 5.91 Å². The molecular formula is C16H16ClFN2O2. The Hall–Kier alpha value is -1.88. The van der Waals surface area contributed by atoms with Gasteiger partial charge in [0.15, 0.2) is 0 Å². The molecule has 1 aromatic carbocycles. The molecule has 0 saturated heterocycles. The number of nitrogens with zero attached hydrogens (tertiary/aromatic N) is 1. The Labute approximate surface area is 132 Å². The summed E-state index contributed by atoms with van der Waals surface area (Å²) in [4.78, 5) is 12.5. The van der Waals surface area contributed by atoms with Crippen molar-refractivity contribution in [1.29, 1.82) is 0 Å². The Kier molecular flexibility index (Phi) is 3.91. The Morgan fingerprint density at radius 3 is 2.86 bits per heavy atom. The van der Waals surface area contributed by atoms with Crippen molar-refractivity contribution in [2.75, 3.05) is 0 Å². The van der Waals surface area contributed by atoms with Crippen molar-refractivity contribution in [2.45, 2.75) is 32.7 Å². The molecule has 22 heavy (non-hydrogen) atoms. The van der Waals surface area contributed by atoms with E-state index in [1.807, 2.05) is 6.92 Å². The number of hydrogen-bond donors (Lipinski definition) is 1. The molecule has 1 heterocycles. The summed E-state index contributed by atoms with van der Waals surface area (Å²) in [6.07, 6.45) is 2.24. The fourth-order valence-corrected chi connectivity index (χ4v) is 2.78. The van der Waals surface area contributed by atoms with E-state index in [9.17, 15) is 9.18 Å². The van der Waals surface area contributed by atoms with E-state index >= 15 is 0 Å². The van der Waals surface area contributed by atoms with Gasteiger partial charge < -0.3 is 9.84 Å². The molecule has 0 spiro atoms. The summed E-state index contributed by atoms with van der Waals surface area (Å²) >= 11 is 6.06. The highest BCUT2D eigenvalue weighted by atomic mass is 35.5. The van der Waals surface area contributed by atoms with E-state index in [0.717, 1.165) is 12.8 Å². The number of benzene rings is 1. The molecule has 6 heteroatoms. The van der Waals surface area contributed by atoms with Gasteiger partial charge in [0.05, 0.1) is 10.6 Å². The molecular weight excluding hydrogens is 307 g/mol. The van der Waals surface area contributed by atoms with Crippen molar-refractivity contribution in [3.8, 4) is 11.3 Å². The maximum atomic E-state index is 14.1. The number of carbonyl (C=O) groups is 1. The summed E-state index contributed by atoms with van der Waals surface area (Å²) < 4.78 is 19.2. The summed E-state index contributed by atoms with van der Waals surface area (Å²) in [6, 6.07) is 4.41. The van der Waals surface area contributed by atoms with E-state index in [4.69, 9.17) is 16.1 Å². The van der Waals surface area contributed by atoms with Crippen molar-refractivity contribution in [3.05, 3.63) is 40.4 Å². The second kappa shape index (κ2) is 5.72. The molecule has 0 radical (unpaired) electrons. The lowest BCUT2D eigenvalue weighted by Gasteiger charge is -2.13. The standard InChI is InChI=1S/C16H16ClFN2O2/c1-8(10-6-7-10)19-16(21)13-9(2)22-20-15(13)14-11(17)4-3-5-12(14)18/h3-5,8,10H,6-7H2,1-2H3,(H,19,21)/t8-/m0/s1. The average molecular weight is 323 g/mol. The third-order valence-corrected chi connectivity index (χ3v) is 4.29. The first-order valence-corrected chi connectivity index (χ1v) is 7.58. The molecule has 1 amide bonds. The van der Waals surface area contributed by atoms with Crippen molar-refractivity contribution >= 4 is 17.5 Å². The Bertz CT molecular complexity index is 705. The first-order chi connectivity index (χ1) is 10.5. The number of carbonyl (C=O) groups excluding carboxylic acids is 1. The lowest BCUT2D eigenvalue weighted by molar-refractivity contribution is 0.0935. The largest absolute Gasteiger partial charge is 0.360 e. The van der Waals surface area contributed by atoms with Crippen LogP contribution in [0, 0.1) is 18.7 Å². The van der Waals surface area contributed by atoms with Gasteiger partial charge >= 0.3 is 0 Å². The number of aryl methyl sites for hydroxylation is 1. The quantitative estimate of drug-likeness (QED) is 0.926. The van der Waals surface area contributed by atoms with Crippen LogP contribution in [0.3, 0.4) is 0 Å². The van der Waals surface area contributed by atoms with Gasteiger partial charge in [0.1, 0.15) is 22.8 Å². The molecule has 1 atom stereocenters. The number of nitrogens with one attached hydrogen (secondary N) is 1. The predicted molar refractivity (Wildman–Crippen MR) is 81.3 cm³/mol. The van der Waals surface area contributed by atoms with Gasteiger partial charge in [-0.1, -0.05) is 22.8 Å². The van der Waals surface area contributed by atoms with Crippen molar-refractivity contribution in [1.82, 2.24) is 10.5 Å². The molecule has 1 aliphatic rings.